The van der Waals surface area contributed by atoms with Gasteiger partial charge in [0.05, 0.1) is 0 Å². The van der Waals surface area contributed by atoms with Crippen LogP contribution in [0.25, 0.3) is 0 Å². The van der Waals surface area contributed by atoms with Crippen molar-refractivity contribution in [1.82, 2.24) is 0 Å². The molecule has 21 heavy (non-hydrogen) atoms. The molecular formula is C18H22BrNO. The Kier molecular flexibility index (Phi) is 5.83. The predicted molar refractivity (Wildman–Crippen MR) is 92.1 cm³/mol. The summed E-state index contributed by atoms with van der Waals surface area (Å²) in [5.74, 6) is 2.28. The highest BCUT2D eigenvalue weighted by molar-refractivity contribution is 9.10. The minimum absolute atomic E-state index is 0.587. The Bertz CT molecular complexity index is 580. The van der Waals surface area contributed by atoms with Gasteiger partial charge in [-0.3, -0.25) is 0 Å². The topological polar surface area (TPSA) is 35.2 Å². The van der Waals surface area contributed by atoms with Crippen molar-refractivity contribution in [2.75, 3.05) is 6.54 Å². The van der Waals surface area contributed by atoms with Gasteiger partial charge < -0.3 is 10.5 Å². The highest BCUT2D eigenvalue weighted by Gasteiger charge is 2.05. The van der Waals surface area contributed by atoms with E-state index in [1.807, 2.05) is 24.3 Å². The van der Waals surface area contributed by atoms with Crippen LogP contribution in [0, 0.1) is 0 Å². The van der Waals surface area contributed by atoms with Gasteiger partial charge in [-0.2, -0.15) is 0 Å². The van der Waals surface area contributed by atoms with E-state index in [4.69, 9.17) is 10.5 Å². The van der Waals surface area contributed by atoms with Crippen LogP contribution in [-0.2, 0) is 6.42 Å². The molecule has 2 N–H and O–H groups in total. The van der Waals surface area contributed by atoms with Crippen LogP contribution in [0.5, 0.6) is 11.5 Å². The number of hydrogen-bond donors (Lipinski definition) is 1. The molecule has 0 bridgehead atoms. The summed E-state index contributed by atoms with van der Waals surface area (Å²) in [7, 11) is 0. The molecule has 1 unspecified atom stereocenters. The lowest BCUT2D eigenvalue weighted by Crippen LogP contribution is -2.03. The fourth-order valence-corrected chi connectivity index (χ4v) is 2.74. The largest absolute Gasteiger partial charge is 0.457 e. The van der Waals surface area contributed by atoms with Gasteiger partial charge in [-0.15, -0.1) is 0 Å². The lowest BCUT2D eigenvalue weighted by Gasteiger charge is -2.11. The molecule has 0 spiro atoms. The Hall–Kier alpha value is -1.32. The molecule has 0 aromatic heterocycles. The van der Waals surface area contributed by atoms with Crippen molar-refractivity contribution in [1.29, 1.82) is 0 Å². The summed E-state index contributed by atoms with van der Waals surface area (Å²) in [5, 5.41) is 0. The average molecular weight is 348 g/mol. The van der Waals surface area contributed by atoms with E-state index in [0.717, 1.165) is 28.8 Å². The molecule has 0 heterocycles. The van der Waals surface area contributed by atoms with Gasteiger partial charge in [0, 0.05) is 4.47 Å². The average Bonchev–Trinajstić information content (AvgIpc) is 2.50. The highest BCUT2D eigenvalue weighted by Crippen LogP contribution is 2.28. The first kappa shape index (κ1) is 16.1. The smallest absolute Gasteiger partial charge is 0.128 e. The number of nitrogens with two attached hydrogens (primary N) is 1. The first-order valence-corrected chi connectivity index (χ1v) is 8.19. The lowest BCUT2D eigenvalue weighted by molar-refractivity contribution is 0.481. The van der Waals surface area contributed by atoms with E-state index in [0.29, 0.717) is 12.5 Å². The van der Waals surface area contributed by atoms with E-state index in [-0.39, 0.29) is 0 Å². The molecule has 2 aromatic rings. The van der Waals surface area contributed by atoms with Crippen LogP contribution in [0.3, 0.4) is 0 Å². The lowest BCUT2D eigenvalue weighted by atomic mass is 9.99. The Morgan fingerprint density at radius 1 is 1.10 bits per heavy atom. The van der Waals surface area contributed by atoms with E-state index in [1.54, 1.807) is 0 Å². The second kappa shape index (κ2) is 7.62. The molecule has 0 aliphatic carbocycles. The van der Waals surface area contributed by atoms with Crippen molar-refractivity contribution >= 4 is 15.9 Å². The number of hydrogen-bond acceptors (Lipinski definition) is 2. The fourth-order valence-electron chi connectivity index (χ4n) is 2.19. The Labute approximate surface area is 135 Å². The minimum atomic E-state index is 0.587. The molecule has 0 aliphatic heterocycles. The standard InChI is InChI=1S/C18H22BrNO/c1-3-13(2)14-4-7-16(8-5-14)21-17-9-6-15(10-11-20)18(19)12-17/h4-9,12-13H,3,10-11,20H2,1-2H3. The zero-order valence-electron chi connectivity index (χ0n) is 12.6. The van der Waals surface area contributed by atoms with Gasteiger partial charge in [-0.05, 0) is 60.7 Å². The molecule has 0 aliphatic rings. The van der Waals surface area contributed by atoms with Crippen molar-refractivity contribution < 1.29 is 4.74 Å². The van der Waals surface area contributed by atoms with Crippen molar-refractivity contribution in [2.45, 2.75) is 32.6 Å². The third-order valence-corrected chi connectivity index (χ3v) is 4.47. The zero-order valence-corrected chi connectivity index (χ0v) is 14.2. The van der Waals surface area contributed by atoms with Crippen molar-refractivity contribution in [3.05, 3.63) is 58.1 Å². The number of rotatable bonds is 6. The predicted octanol–water partition coefficient (Wildman–Crippen LogP) is 5.26. The van der Waals surface area contributed by atoms with Crippen molar-refractivity contribution in [3.63, 3.8) is 0 Å². The summed E-state index contributed by atoms with van der Waals surface area (Å²) in [6.45, 7) is 5.09. The molecule has 0 saturated heterocycles. The molecule has 112 valence electrons. The SMILES string of the molecule is CCC(C)c1ccc(Oc2ccc(CCN)c(Br)c2)cc1. The minimum Gasteiger partial charge on any atom is -0.457 e. The molecule has 1 atom stereocenters. The summed E-state index contributed by atoms with van der Waals surface area (Å²) in [4.78, 5) is 0. The third kappa shape index (κ3) is 4.32. The van der Waals surface area contributed by atoms with Crippen LogP contribution >= 0.6 is 15.9 Å². The maximum atomic E-state index is 5.90. The first-order valence-electron chi connectivity index (χ1n) is 7.40. The van der Waals surface area contributed by atoms with Crippen LogP contribution in [0.4, 0.5) is 0 Å². The highest BCUT2D eigenvalue weighted by atomic mass is 79.9. The Balaban J connectivity index is 2.09. The molecule has 0 fully saturated rings. The number of halogens is 1. The summed E-state index contributed by atoms with van der Waals surface area (Å²) < 4.78 is 6.94. The van der Waals surface area contributed by atoms with Gasteiger partial charge in [-0.1, -0.05) is 48.0 Å². The van der Waals surface area contributed by atoms with Crippen LogP contribution in [0.15, 0.2) is 46.9 Å². The Morgan fingerprint density at radius 2 is 1.76 bits per heavy atom. The fraction of sp³-hybridized carbons (Fsp3) is 0.333. The van der Waals surface area contributed by atoms with Crippen molar-refractivity contribution in [3.8, 4) is 11.5 Å². The number of ether oxygens (including phenoxy) is 1. The summed E-state index contributed by atoms with van der Waals surface area (Å²) >= 11 is 3.57. The molecule has 3 heteroatoms. The van der Waals surface area contributed by atoms with E-state index in [1.165, 1.54) is 11.1 Å². The molecule has 0 amide bonds. The molecule has 0 radical (unpaired) electrons. The van der Waals surface area contributed by atoms with Crippen LogP contribution < -0.4 is 10.5 Å². The van der Waals surface area contributed by atoms with Crippen LogP contribution in [0.2, 0.25) is 0 Å². The van der Waals surface area contributed by atoms with Gasteiger partial charge in [0.15, 0.2) is 0 Å². The van der Waals surface area contributed by atoms with Crippen molar-refractivity contribution in [2.24, 2.45) is 5.73 Å². The monoisotopic (exact) mass is 347 g/mol. The maximum Gasteiger partial charge on any atom is 0.128 e. The molecular weight excluding hydrogens is 326 g/mol. The summed E-state index contributed by atoms with van der Waals surface area (Å²) in [6, 6.07) is 14.4. The normalized spacial score (nSPS) is 12.2. The van der Waals surface area contributed by atoms with Crippen LogP contribution in [0.1, 0.15) is 37.3 Å². The van der Waals surface area contributed by atoms with E-state index >= 15 is 0 Å². The zero-order chi connectivity index (χ0) is 15.2. The van der Waals surface area contributed by atoms with Gasteiger partial charge in [-0.25, -0.2) is 0 Å². The van der Waals surface area contributed by atoms with Crippen LogP contribution in [-0.4, -0.2) is 6.54 Å². The van der Waals surface area contributed by atoms with Gasteiger partial charge in [0.2, 0.25) is 0 Å². The summed E-state index contributed by atoms with van der Waals surface area (Å²) in [6.07, 6.45) is 2.01. The van der Waals surface area contributed by atoms with Gasteiger partial charge in [0.25, 0.3) is 0 Å². The molecule has 2 aromatic carbocycles. The maximum absolute atomic E-state index is 5.90. The third-order valence-electron chi connectivity index (χ3n) is 3.74. The van der Waals surface area contributed by atoms with E-state index in [9.17, 15) is 0 Å². The Morgan fingerprint density at radius 3 is 2.33 bits per heavy atom. The van der Waals surface area contributed by atoms with Gasteiger partial charge in [0.1, 0.15) is 11.5 Å². The van der Waals surface area contributed by atoms with E-state index in [2.05, 4.69) is 48.0 Å². The molecule has 2 nitrogen and oxygen atoms in total. The first-order chi connectivity index (χ1) is 10.1. The summed E-state index contributed by atoms with van der Waals surface area (Å²) in [5.41, 5.74) is 8.15. The number of benzene rings is 2. The molecule has 2 rings (SSSR count). The second-order valence-electron chi connectivity index (χ2n) is 5.27. The van der Waals surface area contributed by atoms with E-state index < -0.39 is 0 Å². The molecule has 0 saturated carbocycles. The van der Waals surface area contributed by atoms with Gasteiger partial charge >= 0.3 is 0 Å². The quantitative estimate of drug-likeness (QED) is 0.773. The second-order valence-corrected chi connectivity index (χ2v) is 6.13.